The van der Waals surface area contributed by atoms with Crippen molar-refractivity contribution in [3.05, 3.63) is 52.2 Å². The number of nitrogens with zero attached hydrogens (tertiary/aromatic N) is 1. The van der Waals surface area contributed by atoms with Gasteiger partial charge >= 0.3 is 0 Å². The molecule has 2 rings (SSSR count). The summed E-state index contributed by atoms with van der Waals surface area (Å²) in [6, 6.07) is 7.61. The Morgan fingerprint density at radius 1 is 1.21 bits per heavy atom. The molecule has 0 unspecified atom stereocenters. The minimum absolute atomic E-state index is 0.613. The van der Waals surface area contributed by atoms with E-state index in [1.54, 1.807) is 6.20 Å². The second-order valence-corrected chi connectivity index (χ2v) is 4.92. The first kappa shape index (κ1) is 13.8. The zero-order chi connectivity index (χ0) is 13.8. The van der Waals surface area contributed by atoms with E-state index in [2.05, 4.69) is 11.1 Å². The van der Waals surface area contributed by atoms with E-state index in [1.165, 1.54) is 0 Å². The predicted molar refractivity (Wildman–Crippen MR) is 78.0 cm³/mol. The number of halogens is 1. The lowest BCUT2D eigenvalue weighted by atomic mass is 10.1. The SMILES string of the molecule is Cc1cc(Oc2ncc(CCN)cc2C)ccc1Cl. The first-order valence-corrected chi connectivity index (χ1v) is 6.57. The molecule has 0 aliphatic rings. The van der Waals surface area contributed by atoms with Crippen LogP contribution in [-0.4, -0.2) is 11.5 Å². The highest BCUT2D eigenvalue weighted by molar-refractivity contribution is 6.31. The molecule has 0 aliphatic carbocycles. The molecule has 1 aromatic carbocycles. The Labute approximate surface area is 118 Å². The maximum absolute atomic E-state index is 5.99. The number of ether oxygens (including phenoxy) is 1. The highest BCUT2D eigenvalue weighted by atomic mass is 35.5. The minimum atomic E-state index is 0.613. The van der Waals surface area contributed by atoms with E-state index in [0.29, 0.717) is 12.4 Å². The normalized spacial score (nSPS) is 10.5. The third-order valence-electron chi connectivity index (χ3n) is 2.86. The van der Waals surface area contributed by atoms with E-state index in [4.69, 9.17) is 22.1 Å². The van der Waals surface area contributed by atoms with Crippen LogP contribution in [-0.2, 0) is 6.42 Å². The van der Waals surface area contributed by atoms with Crippen molar-refractivity contribution in [2.24, 2.45) is 5.73 Å². The molecule has 100 valence electrons. The summed E-state index contributed by atoms with van der Waals surface area (Å²) in [5.41, 5.74) is 8.64. The summed E-state index contributed by atoms with van der Waals surface area (Å²) in [5, 5.41) is 0.732. The Morgan fingerprint density at radius 2 is 2.00 bits per heavy atom. The van der Waals surface area contributed by atoms with Crippen LogP contribution >= 0.6 is 11.6 Å². The first-order valence-electron chi connectivity index (χ1n) is 6.19. The van der Waals surface area contributed by atoms with E-state index in [0.717, 1.165) is 33.9 Å². The Bertz CT molecular complexity index is 584. The van der Waals surface area contributed by atoms with Gasteiger partial charge in [-0.1, -0.05) is 11.6 Å². The average molecular weight is 277 g/mol. The molecule has 2 aromatic rings. The fraction of sp³-hybridized carbons (Fsp3) is 0.267. The van der Waals surface area contributed by atoms with Crippen LogP contribution in [0.3, 0.4) is 0 Å². The van der Waals surface area contributed by atoms with Gasteiger partial charge < -0.3 is 10.5 Å². The van der Waals surface area contributed by atoms with Crippen molar-refractivity contribution < 1.29 is 4.74 Å². The monoisotopic (exact) mass is 276 g/mol. The van der Waals surface area contributed by atoms with E-state index in [-0.39, 0.29) is 0 Å². The van der Waals surface area contributed by atoms with Crippen LogP contribution in [0.1, 0.15) is 16.7 Å². The molecule has 0 radical (unpaired) electrons. The van der Waals surface area contributed by atoms with Crippen LogP contribution in [0.5, 0.6) is 11.6 Å². The van der Waals surface area contributed by atoms with Crippen LogP contribution in [0.4, 0.5) is 0 Å². The summed E-state index contributed by atoms with van der Waals surface area (Å²) in [7, 11) is 0. The third-order valence-corrected chi connectivity index (χ3v) is 3.29. The van der Waals surface area contributed by atoms with Crippen molar-refractivity contribution in [3.63, 3.8) is 0 Å². The molecule has 0 saturated heterocycles. The Balaban J connectivity index is 2.20. The van der Waals surface area contributed by atoms with Crippen molar-refractivity contribution in [3.8, 4) is 11.6 Å². The van der Waals surface area contributed by atoms with Gasteiger partial charge in [-0.15, -0.1) is 0 Å². The predicted octanol–water partition coefficient (Wildman–Crippen LogP) is 3.65. The fourth-order valence-electron chi connectivity index (χ4n) is 1.82. The second kappa shape index (κ2) is 6.04. The molecule has 0 saturated carbocycles. The molecule has 0 amide bonds. The largest absolute Gasteiger partial charge is 0.439 e. The van der Waals surface area contributed by atoms with Crippen molar-refractivity contribution in [1.82, 2.24) is 4.98 Å². The fourth-order valence-corrected chi connectivity index (χ4v) is 1.94. The molecule has 1 aromatic heterocycles. The molecule has 1 heterocycles. The molecule has 0 spiro atoms. The van der Waals surface area contributed by atoms with Gasteiger partial charge in [-0.25, -0.2) is 4.98 Å². The van der Waals surface area contributed by atoms with Gasteiger partial charge in [0.15, 0.2) is 0 Å². The first-order chi connectivity index (χ1) is 9.10. The van der Waals surface area contributed by atoms with Gasteiger partial charge in [0.1, 0.15) is 5.75 Å². The smallest absolute Gasteiger partial charge is 0.222 e. The van der Waals surface area contributed by atoms with E-state index >= 15 is 0 Å². The summed E-state index contributed by atoms with van der Waals surface area (Å²) in [6.45, 7) is 4.54. The van der Waals surface area contributed by atoms with Gasteiger partial charge in [0.05, 0.1) is 0 Å². The number of rotatable bonds is 4. The summed E-state index contributed by atoms with van der Waals surface area (Å²) in [4.78, 5) is 4.33. The summed E-state index contributed by atoms with van der Waals surface area (Å²) in [5.74, 6) is 1.35. The van der Waals surface area contributed by atoms with Crippen molar-refractivity contribution in [1.29, 1.82) is 0 Å². The van der Waals surface area contributed by atoms with Crippen LogP contribution < -0.4 is 10.5 Å². The zero-order valence-corrected chi connectivity index (χ0v) is 11.9. The lowest BCUT2D eigenvalue weighted by Gasteiger charge is -2.10. The Kier molecular flexibility index (Phi) is 4.40. The molecule has 0 fully saturated rings. The van der Waals surface area contributed by atoms with E-state index in [1.807, 2.05) is 32.0 Å². The number of pyridine rings is 1. The second-order valence-electron chi connectivity index (χ2n) is 4.52. The topological polar surface area (TPSA) is 48.1 Å². The Morgan fingerprint density at radius 3 is 2.63 bits per heavy atom. The third kappa shape index (κ3) is 3.46. The zero-order valence-electron chi connectivity index (χ0n) is 11.1. The molecule has 4 heteroatoms. The summed E-state index contributed by atoms with van der Waals surface area (Å²) >= 11 is 5.99. The molecular formula is C15H17ClN2O. The molecule has 0 atom stereocenters. The molecule has 3 nitrogen and oxygen atoms in total. The van der Waals surface area contributed by atoms with Gasteiger partial charge in [-0.3, -0.25) is 0 Å². The maximum Gasteiger partial charge on any atom is 0.222 e. The standard InChI is InChI=1S/C15H17ClN2O/c1-10-8-13(3-4-14(10)16)19-15-11(2)7-12(5-6-17)9-18-15/h3-4,7-9H,5-6,17H2,1-2H3. The van der Waals surface area contributed by atoms with Crippen LogP contribution in [0.2, 0.25) is 5.02 Å². The lowest BCUT2D eigenvalue weighted by Crippen LogP contribution is -2.03. The molecule has 0 bridgehead atoms. The van der Waals surface area contributed by atoms with Gasteiger partial charge in [0.2, 0.25) is 5.88 Å². The minimum Gasteiger partial charge on any atom is -0.439 e. The van der Waals surface area contributed by atoms with Gasteiger partial charge in [0, 0.05) is 16.8 Å². The molecule has 19 heavy (non-hydrogen) atoms. The quantitative estimate of drug-likeness (QED) is 0.927. The van der Waals surface area contributed by atoms with Crippen LogP contribution in [0.15, 0.2) is 30.5 Å². The Hall–Kier alpha value is -1.58. The number of nitrogens with two attached hydrogens (primary N) is 1. The van der Waals surface area contributed by atoms with Crippen molar-refractivity contribution >= 4 is 11.6 Å². The van der Waals surface area contributed by atoms with Crippen molar-refractivity contribution in [2.75, 3.05) is 6.54 Å². The summed E-state index contributed by atoms with van der Waals surface area (Å²) < 4.78 is 5.78. The summed E-state index contributed by atoms with van der Waals surface area (Å²) in [6.07, 6.45) is 2.63. The number of aryl methyl sites for hydroxylation is 2. The number of hydrogen-bond donors (Lipinski definition) is 1. The molecule has 2 N–H and O–H groups in total. The maximum atomic E-state index is 5.99. The van der Waals surface area contributed by atoms with E-state index in [9.17, 15) is 0 Å². The van der Waals surface area contributed by atoms with Crippen LogP contribution in [0, 0.1) is 13.8 Å². The number of hydrogen-bond acceptors (Lipinski definition) is 3. The number of benzene rings is 1. The van der Waals surface area contributed by atoms with Gasteiger partial charge in [-0.2, -0.15) is 0 Å². The number of aromatic nitrogens is 1. The van der Waals surface area contributed by atoms with Gasteiger partial charge in [0.25, 0.3) is 0 Å². The van der Waals surface area contributed by atoms with E-state index < -0.39 is 0 Å². The van der Waals surface area contributed by atoms with Crippen molar-refractivity contribution in [2.45, 2.75) is 20.3 Å². The highest BCUT2D eigenvalue weighted by Crippen LogP contribution is 2.26. The lowest BCUT2D eigenvalue weighted by molar-refractivity contribution is 0.458. The van der Waals surface area contributed by atoms with Crippen LogP contribution in [0.25, 0.3) is 0 Å². The molecular weight excluding hydrogens is 260 g/mol. The van der Waals surface area contributed by atoms with Gasteiger partial charge in [-0.05, 0) is 62.2 Å². The highest BCUT2D eigenvalue weighted by Gasteiger charge is 2.05. The molecule has 0 aliphatic heterocycles. The average Bonchev–Trinajstić information content (AvgIpc) is 2.37.